The fraction of sp³-hybridized carbons (Fsp3) is 0.368. The van der Waals surface area contributed by atoms with Crippen LogP contribution in [-0.2, 0) is 25.4 Å². The van der Waals surface area contributed by atoms with Crippen molar-refractivity contribution in [3.05, 3.63) is 61.0 Å². The van der Waals surface area contributed by atoms with E-state index in [0.717, 1.165) is 15.7 Å². The normalized spacial score (nSPS) is 12.4. The Morgan fingerprint density at radius 1 is 1.18 bits per heavy atom. The van der Waals surface area contributed by atoms with Crippen LogP contribution >= 0.6 is 11.6 Å². The first-order valence-electron chi connectivity index (χ1n) is 8.80. The largest absolute Gasteiger partial charge is 0.348 e. The topological polar surface area (TPSA) is 90.9 Å². The molecule has 9 heteroatoms. The Labute approximate surface area is 166 Å². The summed E-state index contributed by atoms with van der Waals surface area (Å²) in [4.78, 5) is 41.3. The molecule has 148 valence electrons. The van der Waals surface area contributed by atoms with Crippen LogP contribution in [-0.4, -0.2) is 24.6 Å². The Morgan fingerprint density at radius 3 is 2.50 bits per heavy atom. The summed E-state index contributed by atoms with van der Waals surface area (Å²) in [5.41, 5.74) is 2.51. The highest BCUT2D eigenvalue weighted by molar-refractivity contribution is 6.29. The van der Waals surface area contributed by atoms with Gasteiger partial charge in [0.25, 0.3) is 5.56 Å². The van der Waals surface area contributed by atoms with E-state index in [4.69, 9.17) is 11.6 Å². The molecular formula is C19H22ClN5O3. The van der Waals surface area contributed by atoms with Gasteiger partial charge in [-0.25, -0.2) is 4.79 Å². The maximum atomic E-state index is 12.6. The number of carbonyl (C=O) groups is 1. The number of nitrogens with zero attached hydrogens (tertiary/aromatic N) is 4. The molecule has 0 aliphatic rings. The summed E-state index contributed by atoms with van der Waals surface area (Å²) in [6, 6.07) is 5.80. The van der Waals surface area contributed by atoms with Crippen molar-refractivity contribution in [2.24, 2.45) is 14.1 Å². The second-order valence-corrected chi connectivity index (χ2v) is 7.32. The number of hydrogen-bond acceptors (Lipinski definition) is 4. The second kappa shape index (κ2) is 7.27. The fourth-order valence-corrected chi connectivity index (χ4v) is 3.34. The molecule has 1 aromatic carbocycles. The standard InChI is InChI=1S/C19H22ClN5O3/c1-10-6-7-13(8-11(10)2)12(3)21-14(26)9-25-15-16(22-18(25)20)23(4)19(28)24(5)17(15)27/h6-8,12H,9H2,1-5H3,(H,21,26)/t12-/m0/s1. The Morgan fingerprint density at radius 2 is 1.86 bits per heavy atom. The highest BCUT2D eigenvalue weighted by Crippen LogP contribution is 2.18. The zero-order valence-electron chi connectivity index (χ0n) is 16.4. The zero-order valence-corrected chi connectivity index (χ0v) is 17.2. The van der Waals surface area contributed by atoms with Crippen molar-refractivity contribution in [2.75, 3.05) is 0 Å². The van der Waals surface area contributed by atoms with Gasteiger partial charge in [0.1, 0.15) is 6.54 Å². The third-order valence-corrected chi connectivity index (χ3v) is 5.30. The number of aromatic nitrogens is 4. The molecule has 8 nitrogen and oxygen atoms in total. The Hall–Kier alpha value is -2.87. The highest BCUT2D eigenvalue weighted by atomic mass is 35.5. The van der Waals surface area contributed by atoms with Gasteiger partial charge in [-0.2, -0.15) is 4.98 Å². The molecule has 0 saturated heterocycles. The van der Waals surface area contributed by atoms with Crippen LogP contribution in [0.25, 0.3) is 11.2 Å². The number of hydrogen-bond donors (Lipinski definition) is 1. The Kier molecular flexibility index (Phi) is 5.16. The maximum Gasteiger partial charge on any atom is 0.332 e. The molecule has 1 N–H and O–H groups in total. The third kappa shape index (κ3) is 3.35. The van der Waals surface area contributed by atoms with E-state index in [-0.39, 0.29) is 34.9 Å². The first-order valence-corrected chi connectivity index (χ1v) is 9.18. The summed E-state index contributed by atoms with van der Waals surface area (Å²) >= 11 is 6.16. The summed E-state index contributed by atoms with van der Waals surface area (Å²) in [6.45, 7) is 5.75. The quantitative estimate of drug-likeness (QED) is 0.669. The second-order valence-electron chi connectivity index (χ2n) is 6.98. The summed E-state index contributed by atoms with van der Waals surface area (Å²) in [6.07, 6.45) is 0. The first-order chi connectivity index (χ1) is 13.1. The Bertz CT molecular complexity index is 1200. The molecule has 2 heterocycles. The lowest BCUT2D eigenvalue weighted by atomic mass is 10.0. The van der Waals surface area contributed by atoms with Gasteiger partial charge >= 0.3 is 5.69 Å². The molecule has 3 rings (SSSR count). The molecule has 0 spiro atoms. The van der Waals surface area contributed by atoms with E-state index < -0.39 is 11.2 Å². The minimum Gasteiger partial charge on any atom is -0.348 e. The average Bonchev–Trinajstić information content (AvgIpc) is 2.96. The van der Waals surface area contributed by atoms with Crippen LogP contribution in [0.15, 0.2) is 27.8 Å². The van der Waals surface area contributed by atoms with E-state index in [2.05, 4.69) is 10.3 Å². The van der Waals surface area contributed by atoms with Gasteiger partial charge in [0.05, 0.1) is 6.04 Å². The van der Waals surface area contributed by atoms with Crippen molar-refractivity contribution >= 4 is 28.7 Å². The van der Waals surface area contributed by atoms with Crippen LogP contribution in [0.2, 0.25) is 5.28 Å². The molecule has 1 atom stereocenters. The van der Waals surface area contributed by atoms with E-state index in [1.54, 1.807) is 0 Å². The molecule has 2 aromatic heterocycles. The van der Waals surface area contributed by atoms with Gasteiger partial charge in [0, 0.05) is 14.1 Å². The predicted octanol–water partition coefficient (Wildman–Crippen LogP) is 1.58. The van der Waals surface area contributed by atoms with Gasteiger partial charge in [-0.3, -0.25) is 23.3 Å². The Balaban J connectivity index is 1.91. The van der Waals surface area contributed by atoms with E-state index in [1.807, 2.05) is 39.0 Å². The minimum atomic E-state index is -0.549. The molecule has 0 aliphatic carbocycles. The number of imidazole rings is 1. The SMILES string of the molecule is Cc1ccc([C@H](C)NC(=O)Cn2c(Cl)nc3c2c(=O)n(C)c(=O)n3C)cc1C. The summed E-state index contributed by atoms with van der Waals surface area (Å²) < 4.78 is 3.52. The number of rotatable bonds is 4. The molecule has 0 bridgehead atoms. The number of amides is 1. The zero-order chi connectivity index (χ0) is 20.7. The van der Waals surface area contributed by atoms with Gasteiger partial charge in [-0.1, -0.05) is 18.2 Å². The molecule has 0 unspecified atom stereocenters. The molecular weight excluding hydrogens is 382 g/mol. The molecule has 28 heavy (non-hydrogen) atoms. The van der Waals surface area contributed by atoms with Gasteiger partial charge in [-0.15, -0.1) is 0 Å². The van der Waals surface area contributed by atoms with Crippen molar-refractivity contribution < 1.29 is 4.79 Å². The van der Waals surface area contributed by atoms with Crippen LogP contribution in [0.3, 0.4) is 0 Å². The van der Waals surface area contributed by atoms with Gasteiger partial charge in [0.2, 0.25) is 11.2 Å². The van der Waals surface area contributed by atoms with Crippen molar-refractivity contribution in [3.8, 4) is 0 Å². The summed E-state index contributed by atoms with van der Waals surface area (Å²) in [7, 11) is 2.87. The monoisotopic (exact) mass is 403 g/mol. The summed E-state index contributed by atoms with van der Waals surface area (Å²) in [5.74, 6) is -0.317. The predicted molar refractivity (Wildman–Crippen MR) is 108 cm³/mol. The van der Waals surface area contributed by atoms with Crippen molar-refractivity contribution in [3.63, 3.8) is 0 Å². The van der Waals surface area contributed by atoms with Crippen LogP contribution in [0.4, 0.5) is 0 Å². The van der Waals surface area contributed by atoms with E-state index >= 15 is 0 Å². The van der Waals surface area contributed by atoms with Crippen LogP contribution in [0, 0.1) is 13.8 Å². The highest BCUT2D eigenvalue weighted by Gasteiger charge is 2.20. The lowest BCUT2D eigenvalue weighted by Crippen LogP contribution is -2.38. The van der Waals surface area contributed by atoms with Gasteiger partial charge in [-0.05, 0) is 49.1 Å². The average molecular weight is 404 g/mol. The smallest absolute Gasteiger partial charge is 0.332 e. The van der Waals surface area contributed by atoms with E-state index in [1.165, 1.54) is 28.8 Å². The van der Waals surface area contributed by atoms with E-state index in [9.17, 15) is 14.4 Å². The van der Waals surface area contributed by atoms with Crippen LogP contribution in [0.1, 0.15) is 29.7 Å². The van der Waals surface area contributed by atoms with Gasteiger partial charge < -0.3 is 5.32 Å². The number of aryl methyl sites for hydroxylation is 3. The first kappa shape index (κ1) is 19.9. The molecule has 0 fully saturated rings. The molecule has 0 saturated carbocycles. The van der Waals surface area contributed by atoms with Gasteiger partial charge in [0.15, 0.2) is 11.2 Å². The number of halogens is 1. The van der Waals surface area contributed by atoms with Crippen molar-refractivity contribution in [1.29, 1.82) is 0 Å². The molecule has 3 aromatic rings. The number of nitrogens with one attached hydrogen (secondary N) is 1. The lowest BCUT2D eigenvalue weighted by molar-refractivity contribution is -0.122. The minimum absolute atomic E-state index is 0.0257. The number of fused-ring (bicyclic) bond motifs is 1. The molecule has 0 radical (unpaired) electrons. The number of carbonyl (C=O) groups excluding carboxylic acids is 1. The lowest BCUT2D eigenvalue weighted by Gasteiger charge is -2.16. The van der Waals surface area contributed by atoms with Crippen LogP contribution < -0.4 is 16.6 Å². The third-order valence-electron chi connectivity index (χ3n) is 5.01. The number of benzene rings is 1. The van der Waals surface area contributed by atoms with Crippen molar-refractivity contribution in [2.45, 2.75) is 33.4 Å². The maximum absolute atomic E-state index is 12.6. The van der Waals surface area contributed by atoms with Crippen LogP contribution in [0.5, 0.6) is 0 Å². The van der Waals surface area contributed by atoms with E-state index in [0.29, 0.717) is 0 Å². The molecule has 0 aliphatic heterocycles. The van der Waals surface area contributed by atoms with Crippen molar-refractivity contribution in [1.82, 2.24) is 24.0 Å². The summed E-state index contributed by atoms with van der Waals surface area (Å²) in [5, 5.41) is 2.88. The molecule has 1 amide bonds. The fourth-order valence-electron chi connectivity index (χ4n) is 3.11.